The second-order valence-electron chi connectivity index (χ2n) is 7.68. The van der Waals surface area contributed by atoms with E-state index in [0.29, 0.717) is 6.42 Å². The number of allylic oxidation sites excluding steroid dienone is 2. The standard InChI is InChI=1S/C17H18F10O2/c18-14(19,16(22,23)24)13(15(20,21)17(25,26)27,29-12-3-1-2-6-28-12)11-8-9-4-5-10(11)7-9/h4-5,9-12H,1-3,6-8H2. The SMILES string of the molecule is FC(F)(F)C(F)(F)C(OC1CCCCO1)(C1CC2C=CC1C2)C(F)(F)C(F)(F)F. The van der Waals surface area contributed by atoms with Gasteiger partial charge in [-0.15, -0.1) is 0 Å². The predicted octanol–water partition coefficient (Wildman–Crippen LogP) is 5.88. The number of alkyl halides is 10. The Bertz CT molecular complexity index is 607. The quantitative estimate of drug-likeness (QED) is 0.390. The van der Waals surface area contributed by atoms with E-state index >= 15 is 0 Å². The molecule has 168 valence electrons. The van der Waals surface area contributed by atoms with Gasteiger partial charge in [-0.1, -0.05) is 12.2 Å². The summed E-state index contributed by atoms with van der Waals surface area (Å²) in [5.74, 6) is -17.4. The van der Waals surface area contributed by atoms with Gasteiger partial charge in [-0.3, -0.25) is 0 Å². The summed E-state index contributed by atoms with van der Waals surface area (Å²) in [6.45, 7) is -0.216. The van der Waals surface area contributed by atoms with Gasteiger partial charge in [-0.05, 0) is 43.9 Å². The third kappa shape index (κ3) is 3.34. The minimum Gasteiger partial charge on any atom is -0.353 e. The Kier molecular flexibility index (Phi) is 5.46. The van der Waals surface area contributed by atoms with Gasteiger partial charge in [0, 0.05) is 12.5 Å². The maximum atomic E-state index is 14.7. The lowest BCUT2D eigenvalue weighted by Gasteiger charge is -2.51. The lowest BCUT2D eigenvalue weighted by atomic mass is 9.69. The van der Waals surface area contributed by atoms with Gasteiger partial charge in [0.2, 0.25) is 5.60 Å². The zero-order valence-electron chi connectivity index (χ0n) is 14.8. The number of halogens is 10. The van der Waals surface area contributed by atoms with Gasteiger partial charge in [0.25, 0.3) is 0 Å². The first kappa shape index (κ1) is 22.6. The van der Waals surface area contributed by atoms with Crippen molar-refractivity contribution in [2.24, 2.45) is 17.8 Å². The molecule has 4 unspecified atom stereocenters. The van der Waals surface area contributed by atoms with Crippen molar-refractivity contribution in [3.8, 4) is 0 Å². The summed E-state index contributed by atoms with van der Waals surface area (Å²) in [6.07, 6.45) is -13.6. The van der Waals surface area contributed by atoms with Gasteiger partial charge in [-0.25, -0.2) is 0 Å². The Morgan fingerprint density at radius 3 is 1.72 bits per heavy atom. The van der Waals surface area contributed by atoms with E-state index in [4.69, 9.17) is 4.74 Å². The lowest BCUT2D eigenvalue weighted by molar-refractivity contribution is -0.462. The molecule has 1 saturated carbocycles. The fourth-order valence-electron chi connectivity index (χ4n) is 4.58. The van der Waals surface area contributed by atoms with E-state index in [1.165, 1.54) is 6.08 Å². The second-order valence-corrected chi connectivity index (χ2v) is 7.68. The molecule has 12 heteroatoms. The van der Waals surface area contributed by atoms with Crippen LogP contribution in [0.3, 0.4) is 0 Å². The van der Waals surface area contributed by atoms with Gasteiger partial charge in [0.1, 0.15) is 0 Å². The summed E-state index contributed by atoms with van der Waals surface area (Å²) < 4.78 is 148. The van der Waals surface area contributed by atoms with Crippen molar-refractivity contribution in [1.29, 1.82) is 0 Å². The number of fused-ring (bicyclic) bond motifs is 2. The van der Waals surface area contributed by atoms with Crippen LogP contribution in [0.15, 0.2) is 12.2 Å². The minimum absolute atomic E-state index is 0.0941. The van der Waals surface area contributed by atoms with Gasteiger partial charge in [0.15, 0.2) is 6.29 Å². The molecule has 0 aromatic rings. The molecule has 4 atom stereocenters. The first-order chi connectivity index (χ1) is 13.1. The molecule has 29 heavy (non-hydrogen) atoms. The van der Waals surface area contributed by atoms with Crippen LogP contribution in [0.1, 0.15) is 32.1 Å². The fourth-order valence-corrected chi connectivity index (χ4v) is 4.58. The van der Waals surface area contributed by atoms with E-state index in [2.05, 4.69) is 4.74 Å². The van der Waals surface area contributed by atoms with Crippen molar-refractivity contribution in [3.05, 3.63) is 12.2 Å². The van der Waals surface area contributed by atoms with Crippen LogP contribution in [-0.4, -0.2) is 42.7 Å². The zero-order chi connectivity index (χ0) is 21.9. The third-order valence-corrected chi connectivity index (χ3v) is 5.90. The maximum absolute atomic E-state index is 14.7. The average molecular weight is 444 g/mol. The topological polar surface area (TPSA) is 18.5 Å². The summed E-state index contributed by atoms with van der Waals surface area (Å²) >= 11 is 0. The Morgan fingerprint density at radius 2 is 1.34 bits per heavy atom. The number of hydrogen-bond donors (Lipinski definition) is 0. The number of ether oxygens (including phenoxy) is 2. The summed E-state index contributed by atoms with van der Waals surface area (Å²) in [5, 5.41) is 0. The highest BCUT2D eigenvalue weighted by atomic mass is 19.4. The van der Waals surface area contributed by atoms with Gasteiger partial charge < -0.3 is 9.47 Å². The lowest BCUT2D eigenvalue weighted by Crippen LogP contribution is -2.75. The van der Waals surface area contributed by atoms with Crippen molar-refractivity contribution >= 4 is 0 Å². The summed E-state index contributed by atoms with van der Waals surface area (Å²) in [5.41, 5.74) is -5.19. The molecule has 2 aliphatic carbocycles. The van der Waals surface area contributed by atoms with Crippen LogP contribution in [0.4, 0.5) is 43.9 Å². The van der Waals surface area contributed by atoms with E-state index in [9.17, 15) is 43.9 Å². The molecule has 2 bridgehead atoms. The van der Waals surface area contributed by atoms with E-state index in [-0.39, 0.29) is 25.9 Å². The average Bonchev–Trinajstić information content (AvgIpc) is 3.21. The molecule has 0 aromatic carbocycles. The van der Waals surface area contributed by atoms with Crippen LogP contribution in [0.2, 0.25) is 0 Å². The molecular weight excluding hydrogens is 426 g/mol. The van der Waals surface area contributed by atoms with Crippen molar-refractivity contribution < 1.29 is 53.4 Å². The number of rotatable bonds is 5. The molecule has 3 aliphatic rings. The predicted molar refractivity (Wildman–Crippen MR) is 78.3 cm³/mol. The van der Waals surface area contributed by atoms with Crippen LogP contribution in [0, 0.1) is 17.8 Å². The van der Waals surface area contributed by atoms with E-state index < -0.39 is 60.3 Å². The van der Waals surface area contributed by atoms with E-state index in [1.54, 1.807) is 0 Å². The molecule has 0 N–H and O–H groups in total. The monoisotopic (exact) mass is 444 g/mol. The first-order valence-electron chi connectivity index (χ1n) is 9.02. The molecule has 1 saturated heterocycles. The minimum atomic E-state index is -6.71. The molecular formula is C17H18F10O2. The molecule has 1 aliphatic heterocycles. The van der Waals surface area contributed by atoms with E-state index in [1.807, 2.05) is 0 Å². The molecule has 0 amide bonds. The molecule has 1 heterocycles. The highest BCUT2D eigenvalue weighted by molar-refractivity contribution is 5.22. The maximum Gasteiger partial charge on any atom is 0.456 e. The van der Waals surface area contributed by atoms with Gasteiger partial charge in [0.05, 0.1) is 0 Å². The smallest absolute Gasteiger partial charge is 0.353 e. The van der Waals surface area contributed by atoms with Crippen molar-refractivity contribution in [2.45, 2.75) is 68.2 Å². The van der Waals surface area contributed by atoms with Crippen molar-refractivity contribution in [1.82, 2.24) is 0 Å². The highest BCUT2D eigenvalue weighted by Crippen LogP contribution is 2.65. The highest BCUT2D eigenvalue weighted by Gasteiger charge is 2.88. The molecule has 3 rings (SSSR count). The van der Waals surface area contributed by atoms with Crippen LogP contribution >= 0.6 is 0 Å². The third-order valence-electron chi connectivity index (χ3n) is 5.90. The van der Waals surface area contributed by atoms with Crippen LogP contribution < -0.4 is 0 Å². The Morgan fingerprint density at radius 1 is 0.759 bits per heavy atom. The molecule has 0 aromatic heterocycles. The fraction of sp³-hybridized carbons (Fsp3) is 0.882. The van der Waals surface area contributed by atoms with Gasteiger partial charge in [-0.2, -0.15) is 43.9 Å². The van der Waals surface area contributed by atoms with Crippen LogP contribution in [0.25, 0.3) is 0 Å². The van der Waals surface area contributed by atoms with Crippen LogP contribution in [-0.2, 0) is 9.47 Å². The molecule has 0 spiro atoms. The molecule has 0 radical (unpaired) electrons. The zero-order valence-corrected chi connectivity index (χ0v) is 14.8. The first-order valence-corrected chi connectivity index (χ1v) is 9.02. The second kappa shape index (κ2) is 7.00. The molecule has 2 nitrogen and oxygen atoms in total. The van der Waals surface area contributed by atoms with Crippen LogP contribution in [0.5, 0.6) is 0 Å². The normalized spacial score (nSPS) is 31.5. The molecule has 2 fully saturated rings. The van der Waals surface area contributed by atoms with E-state index in [0.717, 1.165) is 6.08 Å². The van der Waals surface area contributed by atoms with Gasteiger partial charge >= 0.3 is 24.2 Å². The Labute approximate surface area is 159 Å². The summed E-state index contributed by atoms with van der Waals surface area (Å²) in [6, 6.07) is 0. The summed E-state index contributed by atoms with van der Waals surface area (Å²) in [4.78, 5) is 0. The summed E-state index contributed by atoms with van der Waals surface area (Å²) in [7, 11) is 0. The largest absolute Gasteiger partial charge is 0.456 e. The van der Waals surface area contributed by atoms with Crippen molar-refractivity contribution in [2.75, 3.05) is 6.61 Å². The van der Waals surface area contributed by atoms with Crippen molar-refractivity contribution in [3.63, 3.8) is 0 Å². The Balaban J connectivity index is 2.21. The number of hydrogen-bond acceptors (Lipinski definition) is 2. The Hall–Kier alpha value is -1.04.